The van der Waals surface area contributed by atoms with Gasteiger partial charge in [0.05, 0.1) is 6.61 Å². The van der Waals surface area contributed by atoms with Gasteiger partial charge in [0.25, 0.3) is 6.43 Å². The predicted molar refractivity (Wildman–Crippen MR) is 66.3 cm³/mol. The molecule has 1 rings (SSSR count). The monoisotopic (exact) mass is 277 g/mol. The second-order valence-electron chi connectivity index (χ2n) is 5.23. The minimum absolute atomic E-state index is 0.0476. The molecular formula is C12H21F2N3O2. The third-order valence-electron chi connectivity index (χ3n) is 2.21. The molecule has 0 amide bonds. The molecule has 0 fully saturated rings. The Morgan fingerprint density at radius 1 is 1.21 bits per heavy atom. The molecule has 1 aromatic heterocycles. The first kappa shape index (κ1) is 16.0. The number of ether oxygens (including phenoxy) is 1. The maximum absolute atomic E-state index is 11.8. The summed E-state index contributed by atoms with van der Waals surface area (Å²) >= 11 is 0. The van der Waals surface area contributed by atoms with Crippen molar-refractivity contribution in [1.82, 2.24) is 15.5 Å². The summed E-state index contributed by atoms with van der Waals surface area (Å²) in [7, 11) is 0. The van der Waals surface area contributed by atoms with Crippen molar-refractivity contribution in [2.45, 2.75) is 45.6 Å². The van der Waals surface area contributed by atoms with E-state index in [9.17, 15) is 8.78 Å². The molecule has 19 heavy (non-hydrogen) atoms. The number of halogens is 2. The predicted octanol–water partition coefficient (Wildman–Crippen LogP) is 1.82. The number of rotatable bonds is 8. The van der Waals surface area contributed by atoms with Gasteiger partial charge in [-0.25, -0.2) is 8.78 Å². The van der Waals surface area contributed by atoms with E-state index in [1.54, 1.807) is 0 Å². The van der Waals surface area contributed by atoms with Gasteiger partial charge in [-0.05, 0) is 20.8 Å². The second-order valence-corrected chi connectivity index (χ2v) is 5.23. The summed E-state index contributed by atoms with van der Waals surface area (Å²) in [4.78, 5) is 0. The number of hydrogen-bond donors (Lipinski definition) is 1. The van der Waals surface area contributed by atoms with E-state index in [2.05, 4.69) is 36.3 Å². The molecule has 0 saturated carbocycles. The quantitative estimate of drug-likeness (QED) is 0.734. The van der Waals surface area contributed by atoms with Crippen LogP contribution in [0.3, 0.4) is 0 Å². The van der Waals surface area contributed by atoms with E-state index in [0.29, 0.717) is 24.6 Å². The number of alkyl halides is 2. The van der Waals surface area contributed by atoms with E-state index in [0.717, 1.165) is 6.54 Å². The highest BCUT2D eigenvalue weighted by molar-refractivity contribution is 4.84. The van der Waals surface area contributed by atoms with Crippen LogP contribution in [-0.2, 0) is 17.6 Å². The van der Waals surface area contributed by atoms with E-state index in [1.807, 2.05) is 0 Å². The number of hydrogen-bond acceptors (Lipinski definition) is 5. The molecule has 110 valence electrons. The van der Waals surface area contributed by atoms with E-state index in [4.69, 9.17) is 9.15 Å². The molecule has 0 aliphatic rings. The highest BCUT2D eigenvalue weighted by Crippen LogP contribution is 2.04. The van der Waals surface area contributed by atoms with E-state index in [1.165, 1.54) is 0 Å². The van der Waals surface area contributed by atoms with E-state index in [-0.39, 0.29) is 12.1 Å². The highest BCUT2D eigenvalue weighted by atomic mass is 19.3. The van der Waals surface area contributed by atoms with Crippen LogP contribution in [0.4, 0.5) is 8.78 Å². The van der Waals surface area contributed by atoms with Gasteiger partial charge in [0.2, 0.25) is 11.8 Å². The average molecular weight is 277 g/mol. The summed E-state index contributed by atoms with van der Waals surface area (Å²) in [5, 5.41) is 11.0. The van der Waals surface area contributed by atoms with Gasteiger partial charge in [-0.15, -0.1) is 10.2 Å². The topological polar surface area (TPSA) is 60.2 Å². The van der Waals surface area contributed by atoms with Crippen LogP contribution in [0.1, 0.15) is 32.6 Å². The first-order valence-electron chi connectivity index (χ1n) is 6.29. The normalized spacial score (nSPS) is 12.3. The van der Waals surface area contributed by atoms with Crippen LogP contribution < -0.4 is 5.32 Å². The summed E-state index contributed by atoms with van der Waals surface area (Å²) in [5.41, 5.74) is 0.0476. The van der Waals surface area contributed by atoms with Crippen molar-refractivity contribution < 1.29 is 17.9 Å². The SMILES string of the molecule is CC(C)(C)NCCc1nnc(CCOCC(F)F)o1. The van der Waals surface area contributed by atoms with Gasteiger partial charge < -0.3 is 14.5 Å². The molecule has 0 aliphatic carbocycles. The molecule has 1 N–H and O–H groups in total. The van der Waals surface area contributed by atoms with Crippen LogP contribution in [0.25, 0.3) is 0 Å². The van der Waals surface area contributed by atoms with Crippen molar-refractivity contribution in [3.63, 3.8) is 0 Å². The molecule has 1 aromatic rings. The van der Waals surface area contributed by atoms with Gasteiger partial charge in [-0.3, -0.25) is 0 Å². The van der Waals surface area contributed by atoms with Gasteiger partial charge >= 0.3 is 0 Å². The third-order valence-corrected chi connectivity index (χ3v) is 2.21. The zero-order valence-electron chi connectivity index (χ0n) is 11.6. The molecule has 0 spiro atoms. The zero-order chi connectivity index (χ0) is 14.3. The Hall–Kier alpha value is -1.08. The van der Waals surface area contributed by atoms with Gasteiger partial charge in [-0.2, -0.15) is 0 Å². The van der Waals surface area contributed by atoms with Crippen molar-refractivity contribution in [1.29, 1.82) is 0 Å². The lowest BCUT2D eigenvalue weighted by atomic mass is 10.1. The highest BCUT2D eigenvalue weighted by Gasteiger charge is 2.10. The van der Waals surface area contributed by atoms with Crippen LogP contribution in [0.5, 0.6) is 0 Å². The fourth-order valence-electron chi connectivity index (χ4n) is 1.37. The second kappa shape index (κ2) is 7.49. The Labute approximate surface area is 111 Å². The smallest absolute Gasteiger partial charge is 0.261 e. The third kappa shape index (κ3) is 7.84. The van der Waals surface area contributed by atoms with Crippen molar-refractivity contribution in [3.8, 4) is 0 Å². The summed E-state index contributed by atoms with van der Waals surface area (Å²) in [6.07, 6.45) is -1.45. The molecule has 7 heteroatoms. The maximum atomic E-state index is 11.8. The van der Waals surface area contributed by atoms with Crippen LogP contribution in [0.2, 0.25) is 0 Å². The van der Waals surface area contributed by atoms with Crippen LogP contribution >= 0.6 is 0 Å². The first-order valence-corrected chi connectivity index (χ1v) is 6.29. The van der Waals surface area contributed by atoms with Gasteiger partial charge in [0, 0.05) is 24.9 Å². The lowest BCUT2D eigenvalue weighted by molar-refractivity contribution is 0.0173. The van der Waals surface area contributed by atoms with Gasteiger partial charge in [0.15, 0.2) is 0 Å². The van der Waals surface area contributed by atoms with Crippen molar-refractivity contribution >= 4 is 0 Å². The summed E-state index contributed by atoms with van der Waals surface area (Å²) in [6.45, 7) is 6.57. The fourth-order valence-corrected chi connectivity index (χ4v) is 1.37. The summed E-state index contributed by atoms with van der Waals surface area (Å²) in [6, 6.07) is 0. The molecule has 0 atom stereocenters. The van der Waals surface area contributed by atoms with Crippen LogP contribution in [0, 0.1) is 0 Å². The zero-order valence-corrected chi connectivity index (χ0v) is 11.6. The van der Waals surface area contributed by atoms with Gasteiger partial charge in [-0.1, -0.05) is 0 Å². The molecule has 0 aliphatic heterocycles. The average Bonchev–Trinajstić information content (AvgIpc) is 2.70. The van der Waals surface area contributed by atoms with Gasteiger partial charge in [0.1, 0.15) is 6.61 Å². The van der Waals surface area contributed by atoms with E-state index >= 15 is 0 Å². The molecule has 0 saturated heterocycles. The first-order chi connectivity index (χ1) is 8.87. The fraction of sp³-hybridized carbons (Fsp3) is 0.833. The van der Waals surface area contributed by atoms with Crippen LogP contribution in [0.15, 0.2) is 4.42 Å². The standard InChI is InChI=1S/C12H21F2N3O2/c1-12(2,3)15-6-4-10-16-17-11(19-10)5-7-18-8-9(13)14/h9,15H,4-8H2,1-3H3. The van der Waals surface area contributed by atoms with Crippen molar-refractivity contribution in [2.75, 3.05) is 19.8 Å². The number of aromatic nitrogens is 2. The number of nitrogens with zero attached hydrogens (tertiary/aromatic N) is 2. The lowest BCUT2D eigenvalue weighted by Crippen LogP contribution is -2.37. The molecule has 0 unspecified atom stereocenters. The molecule has 1 heterocycles. The molecule has 5 nitrogen and oxygen atoms in total. The Bertz CT molecular complexity index is 364. The summed E-state index contributed by atoms with van der Waals surface area (Å²) in [5.74, 6) is 0.959. The number of nitrogens with one attached hydrogen (secondary N) is 1. The molecule has 0 aromatic carbocycles. The summed E-state index contributed by atoms with van der Waals surface area (Å²) < 4.78 is 33.8. The molecule has 0 radical (unpaired) electrons. The van der Waals surface area contributed by atoms with Crippen molar-refractivity contribution in [2.24, 2.45) is 0 Å². The minimum Gasteiger partial charge on any atom is -0.425 e. The largest absolute Gasteiger partial charge is 0.425 e. The Morgan fingerprint density at radius 2 is 1.84 bits per heavy atom. The minimum atomic E-state index is -2.44. The maximum Gasteiger partial charge on any atom is 0.261 e. The van der Waals surface area contributed by atoms with E-state index < -0.39 is 13.0 Å². The Morgan fingerprint density at radius 3 is 2.42 bits per heavy atom. The van der Waals surface area contributed by atoms with Crippen molar-refractivity contribution in [3.05, 3.63) is 11.8 Å². The lowest BCUT2D eigenvalue weighted by Gasteiger charge is -2.19. The Kier molecular flexibility index (Phi) is 6.30. The Balaban J connectivity index is 2.21. The van der Waals surface area contributed by atoms with Crippen LogP contribution in [-0.4, -0.2) is 41.9 Å². The molecular weight excluding hydrogens is 256 g/mol. The molecule has 0 bridgehead atoms.